The SMILES string of the molecule is CNC(c1cc(C)c(Br)s1)c1ccoc1Br. The maximum absolute atomic E-state index is 5.28. The predicted molar refractivity (Wildman–Crippen MR) is 74.1 cm³/mol. The Bertz CT molecular complexity index is 472. The number of rotatable bonds is 3. The van der Waals surface area contributed by atoms with Crippen molar-refractivity contribution in [2.24, 2.45) is 0 Å². The summed E-state index contributed by atoms with van der Waals surface area (Å²) in [6.07, 6.45) is 1.69. The van der Waals surface area contributed by atoms with Gasteiger partial charge in [-0.05, 0) is 63.5 Å². The van der Waals surface area contributed by atoms with Gasteiger partial charge in [0.2, 0.25) is 0 Å². The van der Waals surface area contributed by atoms with Crippen molar-refractivity contribution >= 4 is 43.2 Å². The maximum Gasteiger partial charge on any atom is 0.174 e. The molecular weight excluding hydrogens is 354 g/mol. The van der Waals surface area contributed by atoms with Gasteiger partial charge in [0.15, 0.2) is 4.67 Å². The lowest BCUT2D eigenvalue weighted by molar-refractivity contribution is 0.531. The molecule has 0 saturated carbocycles. The van der Waals surface area contributed by atoms with Crippen LogP contribution in [-0.4, -0.2) is 7.05 Å². The molecule has 2 rings (SSSR count). The summed E-state index contributed by atoms with van der Waals surface area (Å²) in [6.45, 7) is 2.10. The fourth-order valence-corrected chi connectivity index (χ4v) is 3.76. The van der Waals surface area contributed by atoms with E-state index in [0.29, 0.717) is 0 Å². The normalized spacial score (nSPS) is 13.0. The molecule has 0 bridgehead atoms. The van der Waals surface area contributed by atoms with Crippen LogP contribution in [-0.2, 0) is 0 Å². The number of furan rings is 1. The molecule has 0 aliphatic carbocycles. The smallest absolute Gasteiger partial charge is 0.174 e. The molecular formula is C11H11Br2NOS. The van der Waals surface area contributed by atoms with E-state index in [2.05, 4.69) is 50.2 Å². The van der Waals surface area contributed by atoms with E-state index in [-0.39, 0.29) is 6.04 Å². The Morgan fingerprint density at radius 1 is 1.44 bits per heavy atom. The standard InChI is InChI=1S/C11H11Br2NOS/c1-6-5-8(16-11(6)13)9(14-2)7-3-4-15-10(7)12/h3-5,9,14H,1-2H3. The van der Waals surface area contributed by atoms with Gasteiger partial charge in [-0.3, -0.25) is 0 Å². The van der Waals surface area contributed by atoms with Gasteiger partial charge in [0, 0.05) is 10.4 Å². The number of thiophene rings is 1. The summed E-state index contributed by atoms with van der Waals surface area (Å²) in [5.74, 6) is 0. The van der Waals surface area contributed by atoms with E-state index in [0.717, 1.165) is 10.2 Å². The molecule has 1 unspecified atom stereocenters. The molecule has 2 aromatic rings. The first kappa shape index (κ1) is 12.4. The van der Waals surface area contributed by atoms with Gasteiger partial charge in [0.1, 0.15) is 0 Å². The van der Waals surface area contributed by atoms with Crippen molar-refractivity contribution in [3.8, 4) is 0 Å². The van der Waals surface area contributed by atoms with Crippen LogP contribution < -0.4 is 5.32 Å². The average molecular weight is 365 g/mol. The lowest BCUT2D eigenvalue weighted by Crippen LogP contribution is -2.16. The van der Waals surface area contributed by atoms with Crippen LogP contribution in [0, 0.1) is 6.92 Å². The quantitative estimate of drug-likeness (QED) is 0.868. The molecule has 0 saturated heterocycles. The third-order valence-corrected chi connectivity index (χ3v) is 5.25. The van der Waals surface area contributed by atoms with Crippen LogP contribution >= 0.6 is 43.2 Å². The van der Waals surface area contributed by atoms with Gasteiger partial charge in [-0.1, -0.05) is 0 Å². The van der Waals surface area contributed by atoms with Crippen molar-refractivity contribution < 1.29 is 4.42 Å². The van der Waals surface area contributed by atoms with Crippen molar-refractivity contribution in [1.29, 1.82) is 0 Å². The summed E-state index contributed by atoms with van der Waals surface area (Å²) >= 11 is 8.71. The second-order valence-electron chi connectivity index (χ2n) is 3.48. The van der Waals surface area contributed by atoms with E-state index in [9.17, 15) is 0 Å². The minimum absolute atomic E-state index is 0.170. The van der Waals surface area contributed by atoms with E-state index in [1.54, 1.807) is 17.6 Å². The van der Waals surface area contributed by atoms with Crippen LogP contribution in [0.1, 0.15) is 22.0 Å². The molecule has 16 heavy (non-hydrogen) atoms. The summed E-state index contributed by atoms with van der Waals surface area (Å²) in [5.41, 5.74) is 2.39. The summed E-state index contributed by atoms with van der Waals surface area (Å²) < 4.78 is 7.24. The third kappa shape index (κ3) is 2.27. The largest absolute Gasteiger partial charge is 0.457 e. The van der Waals surface area contributed by atoms with Crippen LogP contribution in [0.4, 0.5) is 0 Å². The first-order chi connectivity index (χ1) is 7.63. The lowest BCUT2D eigenvalue weighted by atomic mass is 10.1. The van der Waals surface area contributed by atoms with Crippen molar-refractivity contribution in [1.82, 2.24) is 5.32 Å². The Hall–Kier alpha value is -0.100. The van der Waals surface area contributed by atoms with Gasteiger partial charge < -0.3 is 9.73 Å². The van der Waals surface area contributed by atoms with Crippen LogP contribution in [0.2, 0.25) is 0 Å². The molecule has 2 aromatic heterocycles. The highest BCUT2D eigenvalue weighted by molar-refractivity contribution is 9.11. The Labute approximate surface area is 115 Å². The van der Waals surface area contributed by atoms with E-state index < -0.39 is 0 Å². The Balaban J connectivity index is 2.40. The lowest BCUT2D eigenvalue weighted by Gasteiger charge is -2.12. The van der Waals surface area contributed by atoms with Gasteiger partial charge in [-0.15, -0.1) is 11.3 Å². The van der Waals surface area contributed by atoms with Gasteiger partial charge in [-0.2, -0.15) is 0 Å². The second kappa shape index (κ2) is 5.04. The molecule has 2 nitrogen and oxygen atoms in total. The van der Waals surface area contributed by atoms with Crippen LogP contribution in [0.3, 0.4) is 0 Å². The Morgan fingerprint density at radius 2 is 2.19 bits per heavy atom. The molecule has 0 aliphatic heterocycles. The molecule has 0 amide bonds. The average Bonchev–Trinajstić information content (AvgIpc) is 2.78. The first-order valence-electron chi connectivity index (χ1n) is 4.79. The molecule has 0 radical (unpaired) electrons. The third-order valence-electron chi connectivity index (χ3n) is 2.41. The number of hydrogen-bond acceptors (Lipinski definition) is 3. The van der Waals surface area contributed by atoms with Gasteiger partial charge >= 0.3 is 0 Å². The van der Waals surface area contributed by atoms with E-state index in [1.165, 1.54) is 14.2 Å². The Kier molecular flexibility index (Phi) is 3.89. The zero-order valence-electron chi connectivity index (χ0n) is 8.88. The van der Waals surface area contributed by atoms with Gasteiger partial charge in [-0.25, -0.2) is 0 Å². The highest BCUT2D eigenvalue weighted by atomic mass is 79.9. The van der Waals surface area contributed by atoms with Gasteiger partial charge in [0.25, 0.3) is 0 Å². The van der Waals surface area contributed by atoms with E-state index >= 15 is 0 Å². The fourth-order valence-electron chi connectivity index (χ4n) is 1.59. The molecule has 0 aromatic carbocycles. The van der Waals surface area contributed by atoms with Crippen LogP contribution in [0.25, 0.3) is 0 Å². The predicted octanol–water partition coefficient (Wildman–Crippen LogP) is 4.48. The molecule has 1 N–H and O–H groups in total. The van der Waals surface area contributed by atoms with Crippen molar-refractivity contribution in [2.45, 2.75) is 13.0 Å². The summed E-state index contributed by atoms with van der Waals surface area (Å²) in [4.78, 5) is 1.27. The minimum Gasteiger partial charge on any atom is -0.457 e. The van der Waals surface area contributed by atoms with Crippen LogP contribution in [0.15, 0.2) is 31.3 Å². The number of aryl methyl sites for hydroxylation is 1. The topological polar surface area (TPSA) is 25.2 Å². The fraction of sp³-hybridized carbons (Fsp3) is 0.273. The molecule has 86 valence electrons. The summed E-state index contributed by atoms with van der Waals surface area (Å²) in [6, 6.07) is 4.34. The highest BCUT2D eigenvalue weighted by Gasteiger charge is 2.19. The molecule has 1 atom stereocenters. The number of halogens is 2. The monoisotopic (exact) mass is 363 g/mol. The minimum atomic E-state index is 0.170. The number of nitrogens with one attached hydrogen (secondary N) is 1. The number of hydrogen-bond donors (Lipinski definition) is 1. The van der Waals surface area contributed by atoms with Crippen molar-refractivity contribution in [3.05, 3.63) is 42.9 Å². The first-order valence-corrected chi connectivity index (χ1v) is 7.19. The second-order valence-corrected chi connectivity index (χ2v) is 6.60. The highest BCUT2D eigenvalue weighted by Crippen LogP contribution is 2.36. The molecule has 0 fully saturated rings. The zero-order chi connectivity index (χ0) is 11.7. The Morgan fingerprint density at radius 3 is 2.62 bits per heavy atom. The van der Waals surface area contributed by atoms with Crippen molar-refractivity contribution in [2.75, 3.05) is 7.05 Å². The van der Waals surface area contributed by atoms with E-state index in [1.807, 2.05) is 13.1 Å². The summed E-state index contributed by atoms with van der Waals surface area (Å²) in [7, 11) is 1.95. The molecule has 5 heteroatoms. The zero-order valence-corrected chi connectivity index (χ0v) is 12.9. The summed E-state index contributed by atoms with van der Waals surface area (Å²) in [5, 5.41) is 3.30. The van der Waals surface area contributed by atoms with Crippen LogP contribution in [0.5, 0.6) is 0 Å². The van der Waals surface area contributed by atoms with Crippen molar-refractivity contribution in [3.63, 3.8) is 0 Å². The van der Waals surface area contributed by atoms with E-state index in [4.69, 9.17) is 4.42 Å². The molecule has 0 spiro atoms. The molecule has 0 aliphatic rings. The molecule has 2 heterocycles. The maximum atomic E-state index is 5.28. The van der Waals surface area contributed by atoms with Gasteiger partial charge in [0.05, 0.1) is 16.1 Å².